The van der Waals surface area contributed by atoms with Crippen LogP contribution in [0.15, 0.2) is 342 Å². The lowest BCUT2D eigenvalue weighted by Gasteiger charge is -2.32. The van der Waals surface area contributed by atoms with Crippen molar-refractivity contribution in [1.29, 1.82) is 0 Å². The number of hydrogen-bond donors (Lipinski definition) is 6. The highest BCUT2D eigenvalue weighted by atomic mass is 79.9. The molecule has 137 heavy (non-hydrogen) atoms. The van der Waals surface area contributed by atoms with Crippen molar-refractivity contribution in [3.05, 3.63) is 364 Å². The minimum atomic E-state index is -1.19. The van der Waals surface area contributed by atoms with E-state index in [-0.39, 0.29) is 0 Å². The molecule has 0 amide bonds. The van der Waals surface area contributed by atoms with E-state index in [1.54, 1.807) is 24.5 Å². The van der Waals surface area contributed by atoms with Crippen molar-refractivity contribution in [3.63, 3.8) is 0 Å². The van der Waals surface area contributed by atoms with Crippen LogP contribution >= 0.6 is 47.8 Å². The quantitative estimate of drug-likeness (QED) is 0.0142. The van der Waals surface area contributed by atoms with Crippen molar-refractivity contribution < 1.29 is 23.6 Å². The van der Waals surface area contributed by atoms with Gasteiger partial charge >= 0.3 is 7.12 Å². The first kappa shape index (κ1) is 96.9. The number of anilines is 4. The Labute approximate surface area is 825 Å². The summed E-state index contributed by atoms with van der Waals surface area (Å²) in [7, 11) is -2.79. The molecule has 27 heteroatoms. The molecule has 1 aliphatic rings. The molecular formula is C110H110BBr3N16O5Si2. The number of halogens is 3. The molecule has 8 aromatic heterocycles. The maximum absolute atomic E-state index is 10.0. The zero-order valence-electron chi connectivity index (χ0n) is 78.4. The van der Waals surface area contributed by atoms with E-state index >= 15 is 0 Å². The molecule has 0 unspecified atom stereocenters. The van der Waals surface area contributed by atoms with E-state index in [9.17, 15) is 4.79 Å². The summed E-state index contributed by atoms with van der Waals surface area (Å²) >= 11 is 10.5. The molecule has 21 rings (SSSR count). The first-order valence-electron chi connectivity index (χ1n) is 45.7. The van der Waals surface area contributed by atoms with Gasteiger partial charge in [0.05, 0.1) is 44.3 Å². The second-order valence-corrected chi connectivity index (χ2v) is 50.7. The first-order valence-corrected chi connectivity index (χ1v) is 55.5. The van der Waals surface area contributed by atoms with Crippen LogP contribution in [0.3, 0.4) is 0 Å². The Balaban J connectivity index is 0.000000129. The molecular weight excluding hydrogens is 1930 g/mol. The largest absolute Gasteiger partial charge is 0.494 e. The van der Waals surface area contributed by atoms with Crippen LogP contribution in [0.1, 0.15) is 54.7 Å². The van der Waals surface area contributed by atoms with E-state index in [0.29, 0.717) is 13.5 Å². The van der Waals surface area contributed by atoms with Gasteiger partial charge in [-0.3, -0.25) is 24.7 Å². The number of pyridine rings is 4. The molecule has 0 radical (unpaired) electrons. The lowest BCUT2D eigenvalue weighted by atomic mass is 9.78. The van der Waals surface area contributed by atoms with Gasteiger partial charge in [-0.2, -0.15) is 10.2 Å². The Morgan fingerprint density at radius 3 is 1.21 bits per heavy atom. The van der Waals surface area contributed by atoms with Crippen LogP contribution in [0.5, 0.6) is 0 Å². The number of ether oxygens (including phenoxy) is 2. The molecule has 1 aliphatic heterocycles. The van der Waals surface area contributed by atoms with Crippen LogP contribution in [-0.4, -0.2) is 113 Å². The number of aromatic nitrogens is 12. The Morgan fingerprint density at radius 2 is 0.788 bits per heavy atom. The molecule has 0 saturated carbocycles. The van der Waals surface area contributed by atoms with Gasteiger partial charge in [-0.1, -0.05) is 252 Å². The number of para-hydroxylation sites is 4. The number of carbonyl (C=O) groups excluding carboxylic acids is 1. The second kappa shape index (κ2) is 44.3. The molecule has 0 aliphatic carbocycles. The molecule has 0 atom stereocenters. The maximum atomic E-state index is 10.0. The Hall–Kier alpha value is -13.2. The summed E-state index contributed by atoms with van der Waals surface area (Å²) in [5.41, 5.74) is 24.0. The number of nitrogens with two attached hydrogens (primary N) is 1. The summed E-state index contributed by atoms with van der Waals surface area (Å²) in [6, 6.07) is 96.1. The highest BCUT2D eigenvalue weighted by Crippen LogP contribution is 2.41. The fourth-order valence-corrected chi connectivity index (χ4v) is 18.6. The monoisotopic (exact) mass is 2040 g/mol. The number of nitrogen functional groups attached to an aromatic ring is 1. The van der Waals surface area contributed by atoms with Crippen LogP contribution in [0.2, 0.25) is 51.4 Å². The SMILES string of the molecule is Brc1cncc2c(NCc3ccccc3)cccc12.Brc1cncc2c(NCc3ccccc3)cccc12.CC1(C)OB(c2ccc3c(c2)c(-c2nc4ccccc4[nH]2)nn3COCC[Si](C)(C)C)OC1(C)C.C[Si](C)(C)CCOCn1nc(-c2nc3ccccc3[nH]2)c2cc(-c3cncc4c(NCc5ccccc5)cccc34)ccc21.Nc1cccc2c(Br)cncc12.O=Cc1ccccc1. The lowest BCUT2D eigenvalue weighted by Crippen LogP contribution is -2.41. The zero-order chi connectivity index (χ0) is 95.6. The molecule has 20 aromatic rings. The Morgan fingerprint density at radius 1 is 0.409 bits per heavy atom. The summed E-state index contributed by atoms with van der Waals surface area (Å²) < 4.78 is 31.7. The number of rotatable bonds is 24. The number of imidazole rings is 2. The average Bonchev–Trinajstić information content (AvgIpc) is 1.59. The van der Waals surface area contributed by atoms with Crippen LogP contribution < -0.4 is 27.1 Å². The zero-order valence-corrected chi connectivity index (χ0v) is 85.2. The summed E-state index contributed by atoms with van der Waals surface area (Å²) in [5.74, 6) is 1.49. The van der Waals surface area contributed by atoms with Gasteiger partial charge in [-0.05, 0) is 187 Å². The van der Waals surface area contributed by atoms with Crippen molar-refractivity contribution in [1.82, 2.24) is 59.4 Å². The third-order valence-corrected chi connectivity index (χ3v) is 29.3. The smallest absolute Gasteiger partial charge is 0.399 e. The van der Waals surface area contributed by atoms with Crippen LogP contribution in [0.4, 0.5) is 22.7 Å². The van der Waals surface area contributed by atoms with E-state index in [1.165, 1.54) is 27.5 Å². The fraction of sp³-hybridized carbons (Fsp3) is 0.191. The molecule has 12 aromatic carbocycles. The summed E-state index contributed by atoms with van der Waals surface area (Å²) in [6.45, 7) is 27.1. The molecule has 9 heterocycles. The van der Waals surface area contributed by atoms with Gasteiger partial charge in [0.1, 0.15) is 31.1 Å². The predicted octanol–water partition coefficient (Wildman–Crippen LogP) is 27.2. The van der Waals surface area contributed by atoms with Crippen molar-refractivity contribution in [2.24, 2.45) is 0 Å². The van der Waals surface area contributed by atoms with E-state index in [0.717, 1.165) is 209 Å². The standard InChI is InChI=1S/C36H36N6OSi.C26H35BN4O3Si.2C16H13BrN2.C9H7BrN2.C7H6O/c1-44(2,3)19-18-43-24-42-34-17-16-26(20-28(34)35(41-42)36-39-32-13-7-8-14-33(32)40-36)29-22-37-23-30-27(29)12-9-15-31(30)38-21-25-10-5-4-6-11-25;1-25(2)26(3,4)34-27(33-25)18-12-13-22-19(16-18)23(24-28-20-10-8-9-11-21(20)29-24)30-31(22)17-32-14-15-35(5,6)7;2*17-15-11-18-10-14-13(15)7-4-8-16(14)19-9-12-5-2-1-3-6-12;10-8-5-12-4-7-6(8)2-1-3-9(7)11;8-6-7-4-2-1-3-5-7/h4-17,20,22-23,38H,18-19,21,24H2,1-3H3,(H,39,40);8-13,16H,14-15,17H2,1-7H3,(H,28,29);2*1-8,10-11,19H,9H2;1-5H,11H2;1-6H. The van der Waals surface area contributed by atoms with Gasteiger partial charge in [-0.25, -0.2) is 19.3 Å². The Kier molecular flexibility index (Phi) is 31.3. The van der Waals surface area contributed by atoms with Crippen LogP contribution in [0, 0.1) is 0 Å². The first-order chi connectivity index (χ1) is 66.3. The third kappa shape index (κ3) is 24.4. The molecule has 0 bridgehead atoms. The number of hydrogen-bond acceptors (Lipinski definition) is 17. The number of nitrogens with zero attached hydrogens (tertiary/aromatic N) is 10. The maximum Gasteiger partial charge on any atom is 0.494 e. The van der Waals surface area contributed by atoms with Gasteiger partial charge in [0, 0.05) is 194 Å². The summed E-state index contributed by atoms with van der Waals surface area (Å²) in [5, 5.41) is 31.5. The van der Waals surface area contributed by atoms with Crippen LogP contribution in [-0.2, 0) is 51.9 Å². The van der Waals surface area contributed by atoms with E-state index < -0.39 is 34.5 Å². The van der Waals surface area contributed by atoms with Gasteiger partial charge < -0.3 is 50.4 Å². The number of nitrogens with one attached hydrogen (secondary N) is 5. The second-order valence-electron chi connectivity index (χ2n) is 36.9. The third-order valence-electron chi connectivity index (χ3n) is 24.0. The minimum absolute atomic E-state index is 0.396. The molecule has 1 saturated heterocycles. The van der Waals surface area contributed by atoms with Gasteiger partial charge in [0.25, 0.3) is 0 Å². The van der Waals surface area contributed by atoms with Crippen molar-refractivity contribution in [2.45, 2.75) is 123 Å². The van der Waals surface area contributed by atoms with Crippen molar-refractivity contribution >= 4 is 193 Å². The van der Waals surface area contributed by atoms with Gasteiger partial charge in [-0.15, -0.1) is 0 Å². The predicted molar refractivity (Wildman–Crippen MR) is 580 cm³/mol. The van der Waals surface area contributed by atoms with Crippen LogP contribution in [0.25, 0.3) is 121 Å². The number of H-pyrrole nitrogens is 2. The van der Waals surface area contributed by atoms with E-state index in [1.807, 2.05) is 150 Å². The van der Waals surface area contributed by atoms with Crippen molar-refractivity contribution in [3.8, 4) is 34.2 Å². The van der Waals surface area contributed by atoms with Gasteiger partial charge in [0.2, 0.25) is 0 Å². The number of benzene rings is 12. The topological polar surface area (TPSA) is 261 Å². The lowest BCUT2D eigenvalue weighted by molar-refractivity contribution is 0.00578. The highest BCUT2D eigenvalue weighted by Gasteiger charge is 2.52. The average molecular weight is 2040 g/mol. The molecule has 692 valence electrons. The normalized spacial score (nSPS) is 12.7. The number of fused-ring (bicyclic) bond motifs is 8. The number of aromatic amines is 2. The highest BCUT2D eigenvalue weighted by molar-refractivity contribution is 9.11. The van der Waals surface area contributed by atoms with Crippen molar-refractivity contribution in [2.75, 3.05) is 34.9 Å². The summed E-state index contributed by atoms with van der Waals surface area (Å²) in [4.78, 5) is 43.8. The van der Waals surface area contributed by atoms with E-state index in [4.69, 9.17) is 44.7 Å². The summed E-state index contributed by atoms with van der Waals surface area (Å²) in [6.07, 6.45) is 15.7. The number of carbonyl (C=O) groups is 1. The molecule has 0 spiro atoms. The number of aldehydes is 1. The van der Waals surface area contributed by atoms with Gasteiger partial charge in [0.15, 0.2) is 11.6 Å². The van der Waals surface area contributed by atoms with E-state index in [2.05, 4.69) is 324 Å². The molecule has 21 nitrogen and oxygen atoms in total. The molecule has 1 fully saturated rings. The fourth-order valence-electron chi connectivity index (χ4n) is 15.7. The minimum Gasteiger partial charge on any atom is -0.399 e. The molecule has 7 N–H and O–H groups in total. The Bertz CT molecular complexity index is 7280.